The van der Waals surface area contributed by atoms with E-state index in [1.54, 1.807) is 0 Å². The van der Waals surface area contributed by atoms with Gasteiger partial charge in [0.2, 0.25) is 5.91 Å². The Hall–Kier alpha value is -0.570. The van der Waals surface area contributed by atoms with Gasteiger partial charge in [0.15, 0.2) is 0 Å². The Bertz CT molecular complexity index is 168. The summed E-state index contributed by atoms with van der Waals surface area (Å²) in [4.78, 5) is 11.0. The van der Waals surface area contributed by atoms with Gasteiger partial charge in [-0.05, 0) is 12.8 Å². The Labute approximate surface area is 81.1 Å². The number of rotatable bonds is 3. The van der Waals surface area contributed by atoms with Gasteiger partial charge in [0.05, 0.1) is 5.92 Å². The van der Waals surface area contributed by atoms with Crippen molar-refractivity contribution < 1.29 is 4.79 Å². The summed E-state index contributed by atoms with van der Waals surface area (Å²) in [6.07, 6.45) is 3.17. The van der Waals surface area contributed by atoms with Crippen LogP contribution >= 0.6 is 0 Å². The predicted octanol–water partition coefficient (Wildman–Crippen LogP) is 1.27. The van der Waals surface area contributed by atoms with E-state index in [0.717, 1.165) is 19.3 Å². The van der Waals surface area contributed by atoms with Gasteiger partial charge in [0.25, 0.3) is 0 Å². The number of primary amides is 1. The van der Waals surface area contributed by atoms with Crippen molar-refractivity contribution in [3.63, 3.8) is 0 Å². The van der Waals surface area contributed by atoms with Crippen molar-refractivity contribution in [3.8, 4) is 0 Å². The van der Waals surface area contributed by atoms with Crippen LogP contribution < -0.4 is 11.1 Å². The molecule has 1 saturated carbocycles. The lowest BCUT2D eigenvalue weighted by atomic mass is 10.0. The van der Waals surface area contributed by atoms with Gasteiger partial charge in [-0.3, -0.25) is 4.79 Å². The third kappa shape index (κ3) is 3.35. The van der Waals surface area contributed by atoms with Crippen LogP contribution in [0.2, 0.25) is 0 Å². The van der Waals surface area contributed by atoms with Gasteiger partial charge >= 0.3 is 0 Å². The monoisotopic (exact) mass is 186 g/mol. The standard InChI is InChI=1S/C9H18N2O.CH4/c1-6(2)11-8-5-3-4-7(8)9(10)12;/h6-8,11H,3-5H2,1-2H3,(H2,10,12);1H4/t7-,8+;/m1./s1. The number of carbonyl (C=O) groups excluding carboxylic acids is 1. The molecule has 0 radical (unpaired) electrons. The molecule has 3 nitrogen and oxygen atoms in total. The number of nitrogens with two attached hydrogens (primary N) is 1. The largest absolute Gasteiger partial charge is 0.369 e. The van der Waals surface area contributed by atoms with Crippen LogP contribution in [0, 0.1) is 5.92 Å². The molecule has 0 spiro atoms. The Balaban J connectivity index is 0.00000144. The summed E-state index contributed by atoms with van der Waals surface area (Å²) in [7, 11) is 0. The molecule has 0 aromatic heterocycles. The minimum absolute atomic E-state index is 0. The summed E-state index contributed by atoms with van der Waals surface area (Å²) in [5, 5.41) is 3.37. The van der Waals surface area contributed by atoms with Gasteiger partial charge in [-0.25, -0.2) is 0 Å². The Morgan fingerprint density at radius 1 is 1.46 bits per heavy atom. The molecule has 13 heavy (non-hydrogen) atoms. The highest BCUT2D eigenvalue weighted by atomic mass is 16.1. The molecule has 0 aliphatic heterocycles. The zero-order valence-electron chi connectivity index (χ0n) is 7.84. The molecular weight excluding hydrogens is 164 g/mol. The maximum Gasteiger partial charge on any atom is 0.222 e. The minimum Gasteiger partial charge on any atom is -0.369 e. The second-order valence-corrected chi connectivity index (χ2v) is 3.87. The fourth-order valence-corrected chi connectivity index (χ4v) is 1.93. The van der Waals surface area contributed by atoms with Gasteiger partial charge in [0, 0.05) is 12.1 Å². The van der Waals surface area contributed by atoms with Crippen molar-refractivity contribution >= 4 is 5.91 Å². The van der Waals surface area contributed by atoms with Crippen LogP contribution in [-0.2, 0) is 4.79 Å². The maximum absolute atomic E-state index is 11.0. The van der Waals surface area contributed by atoms with Crippen molar-refractivity contribution in [2.45, 2.75) is 52.6 Å². The molecule has 1 fully saturated rings. The lowest BCUT2D eigenvalue weighted by molar-refractivity contribution is -0.122. The zero-order valence-corrected chi connectivity index (χ0v) is 7.84. The van der Waals surface area contributed by atoms with Gasteiger partial charge in [-0.15, -0.1) is 0 Å². The molecule has 1 aliphatic rings. The van der Waals surface area contributed by atoms with E-state index in [-0.39, 0.29) is 19.3 Å². The average Bonchev–Trinajstić information content (AvgIpc) is 2.33. The Kier molecular flexibility index (Phi) is 4.99. The molecule has 2 atom stereocenters. The highest BCUT2D eigenvalue weighted by Crippen LogP contribution is 2.25. The molecule has 0 bridgehead atoms. The first-order chi connectivity index (χ1) is 5.61. The first kappa shape index (κ1) is 12.4. The van der Waals surface area contributed by atoms with Crippen molar-refractivity contribution in [1.82, 2.24) is 5.32 Å². The van der Waals surface area contributed by atoms with Gasteiger partial charge < -0.3 is 11.1 Å². The van der Waals surface area contributed by atoms with Crippen LogP contribution in [0.1, 0.15) is 40.5 Å². The van der Waals surface area contributed by atoms with E-state index in [1.165, 1.54) is 0 Å². The lowest BCUT2D eigenvalue weighted by Crippen LogP contribution is -2.42. The van der Waals surface area contributed by atoms with E-state index in [4.69, 9.17) is 5.73 Å². The Morgan fingerprint density at radius 2 is 2.08 bits per heavy atom. The van der Waals surface area contributed by atoms with E-state index in [9.17, 15) is 4.79 Å². The highest BCUT2D eigenvalue weighted by molar-refractivity contribution is 5.77. The van der Waals surface area contributed by atoms with Crippen molar-refractivity contribution in [2.24, 2.45) is 11.7 Å². The first-order valence-corrected chi connectivity index (χ1v) is 4.66. The highest BCUT2D eigenvalue weighted by Gasteiger charge is 2.31. The summed E-state index contributed by atoms with van der Waals surface area (Å²) in [6.45, 7) is 4.19. The SMILES string of the molecule is C.CC(C)N[C@H]1CCC[C@H]1C(N)=O. The van der Waals surface area contributed by atoms with Gasteiger partial charge in [-0.2, -0.15) is 0 Å². The molecule has 0 heterocycles. The normalized spacial score (nSPS) is 27.3. The number of hydrogen-bond acceptors (Lipinski definition) is 2. The third-order valence-corrected chi connectivity index (χ3v) is 2.43. The average molecular weight is 186 g/mol. The van der Waals surface area contributed by atoms with Crippen molar-refractivity contribution in [3.05, 3.63) is 0 Å². The van der Waals surface area contributed by atoms with E-state index >= 15 is 0 Å². The second kappa shape index (κ2) is 5.22. The van der Waals surface area contributed by atoms with E-state index < -0.39 is 0 Å². The number of nitrogens with one attached hydrogen (secondary N) is 1. The molecule has 0 saturated heterocycles. The second-order valence-electron chi connectivity index (χ2n) is 3.87. The molecule has 1 amide bonds. The van der Waals surface area contributed by atoms with Crippen LogP contribution in [0.15, 0.2) is 0 Å². The summed E-state index contributed by atoms with van der Waals surface area (Å²) in [5.41, 5.74) is 5.28. The number of carbonyl (C=O) groups is 1. The quantitative estimate of drug-likeness (QED) is 0.697. The molecular formula is C10H22N2O. The molecule has 0 aromatic rings. The van der Waals surface area contributed by atoms with E-state index in [1.807, 2.05) is 0 Å². The maximum atomic E-state index is 11.0. The van der Waals surface area contributed by atoms with Gasteiger partial charge in [-0.1, -0.05) is 27.7 Å². The fourth-order valence-electron chi connectivity index (χ4n) is 1.93. The molecule has 78 valence electrons. The Morgan fingerprint density at radius 3 is 2.54 bits per heavy atom. The molecule has 0 aromatic carbocycles. The summed E-state index contributed by atoms with van der Waals surface area (Å²) in [6, 6.07) is 0.762. The lowest BCUT2D eigenvalue weighted by Gasteiger charge is -2.20. The van der Waals surface area contributed by atoms with E-state index in [0.29, 0.717) is 12.1 Å². The fraction of sp³-hybridized carbons (Fsp3) is 0.900. The van der Waals surface area contributed by atoms with Crippen molar-refractivity contribution in [1.29, 1.82) is 0 Å². The molecule has 1 aliphatic carbocycles. The number of amides is 1. The topological polar surface area (TPSA) is 55.1 Å². The predicted molar refractivity (Wildman–Crippen MR) is 55.3 cm³/mol. The van der Waals surface area contributed by atoms with Crippen LogP contribution in [-0.4, -0.2) is 18.0 Å². The van der Waals surface area contributed by atoms with E-state index in [2.05, 4.69) is 19.2 Å². The van der Waals surface area contributed by atoms with Crippen molar-refractivity contribution in [2.75, 3.05) is 0 Å². The van der Waals surface area contributed by atoms with Crippen LogP contribution in [0.4, 0.5) is 0 Å². The summed E-state index contributed by atoms with van der Waals surface area (Å²) in [5.74, 6) is -0.0851. The summed E-state index contributed by atoms with van der Waals surface area (Å²) >= 11 is 0. The van der Waals surface area contributed by atoms with Crippen LogP contribution in [0.25, 0.3) is 0 Å². The smallest absolute Gasteiger partial charge is 0.222 e. The molecule has 3 N–H and O–H groups in total. The minimum atomic E-state index is -0.148. The van der Waals surface area contributed by atoms with Crippen LogP contribution in [0.3, 0.4) is 0 Å². The first-order valence-electron chi connectivity index (χ1n) is 4.66. The number of hydrogen-bond donors (Lipinski definition) is 2. The third-order valence-electron chi connectivity index (χ3n) is 2.43. The molecule has 1 rings (SSSR count). The molecule has 0 unspecified atom stereocenters. The summed E-state index contributed by atoms with van der Waals surface area (Å²) < 4.78 is 0. The van der Waals surface area contributed by atoms with Gasteiger partial charge in [0.1, 0.15) is 0 Å². The zero-order chi connectivity index (χ0) is 9.14. The molecule has 3 heteroatoms. The van der Waals surface area contributed by atoms with Crippen LogP contribution in [0.5, 0.6) is 0 Å².